The first-order valence-electron chi connectivity index (χ1n) is 9.32. The summed E-state index contributed by atoms with van der Waals surface area (Å²) in [4.78, 5) is 20.1. The van der Waals surface area contributed by atoms with Crippen LogP contribution in [0.5, 0.6) is 5.75 Å². The lowest BCUT2D eigenvalue weighted by Crippen LogP contribution is -2.40. The van der Waals surface area contributed by atoms with Gasteiger partial charge in [-0.05, 0) is 18.2 Å². The molecule has 0 aromatic carbocycles. The molecule has 1 amide bonds. The van der Waals surface area contributed by atoms with Crippen LogP contribution in [0.2, 0.25) is 0 Å². The predicted octanol–water partition coefficient (Wildman–Crippen LogP) is 6.56. The van der Waals surface area contributed by atoms with Crippen molar-refractivity contribution in [2.75, 3.05) is 7.05 Å². The lowest BCUT2D eigenvalue weighted by Gasteiger charge is -2.26. The molecule has 0 saturated heterocycles. The van der Waals surface area contributed by atoms with Gasteiger partial charge < -0.3 is 10.1 Å². The number of hydrogen-bond donors (Lipinski definition) is 1. The molecule has 0 saturated carbocycles. The first-order chi connectivity index (χ1) is 15.8. The Morgan fingerprint density at radius 1 is 1.18 bits per heavy atom. The Kier molecular flexibility index (Phi) is 8.53. The highest BCUT2D eigenvalue weighted by molar-refractivity contribution is 7.13. The van der Waals surface area contributed by atoms with Crippen LogP contribution in [0.25, 0.3) is 10.7 Å². The monoisotopic (exact) mass is 532 g/mol. The summed E-state index contributed by atoms with van der Waals surface area (Å²) < 4.78 is 98.6. The zero-order valence-corrected chi connectivity index (χ0v) is 19.1. The van der Waals surface area contributed by atoms with Crippen LogP contribution in [-0.2, 0) is 12.4 Å². The topological polar surface area (TPSA) is 67.4 Å². The highest BCUT2D eigenvalue weighted by Crippen LogP contribution is 2.44. The normalized spacial score (nSPS) is 15.9. The molecular weight excluding hydrogens is 517 g/mol. The zero-order valence-electron chi connectivity index (χ0n) is 17.6. The standard InChI is InChI=1S/C17H10ClF7N4O2S.C2H6/c1-29(10-3-2-8(19)13(18)28-10)15(30)31-12-7(16(20,21)22)6-9(17(23,24)25)27-11(12)14-26-4-5-32-14;1-2/h2-6,13,28H,1H3;1-2H3. The number of ether oxygens (including phenoxy) is 1. The van der Waals surface area contributed by atoms with Crippen LogP contribution in [0.4, 0.5) is 35.5 Å². The van der Waals surface area contributed by atoms with E-state index < -0.39 is 52.5 Å². The third kappa shape index (κ3) is 6.17. The second-order valence-electron chi connectivity index (χ2n) is 6.10. The molecular formula is C19H16ClF7N4O2S. The Labute approximate surface area is 197 Å². The predicted molar refractivity (Wildman–Crippen MR) is 111 cm³/mol. The fraction of sp³-hybridized carbons (Fsp3) is 0.316. The van der Waals surface area contributed by atoms with Gasteiger partial charge in [0.1, 0.15) is 33.6 Å². The van der Waals surface area contributed by atoms with Crippen LogP contribution in [0, 0.1) is 0 Å². The van der Waals surface area contributed by atoms with Crippen LogP contribution in [0.15, 0.2) is 41.4 Å². The van der Waals surface area contributed by atoms with Crippen molar-refractivity contribution < 1.29 is 40.3 Å². The van der Waals surface area contributed by atoms with E-state index in [-0.39, 0.29) is 16.9 Å². The molecule has 1 aliphatic rings. The summed E-state index contributed by atoms with van der Waals surface area (Å²) in [6, 6.07) is -0.259. The van der Waals surface area contributed by atoms with E-state index in [0.717, 1.165) is 25.4 Å². The van der Waals surface area contributed by atoms with Crippen molar-refractivity contribution in [3.63, 3.8) is 0 Å². The lowest BCUT2D eigenvalue weighted by atomic mass is 10.1. The third-order valence-electron chi connectivity index (χ3n) is 3.95. The number of nitrogens with zero attached hydrogens (tertiary/aromatic N) is 3. The van der Waals surface area contributed by atoms with E-state index in [4.69, 9.17) is 16.3 Å². The molecule has 0 fully saturated rings. The second-order valence-corrected chi connectivity index (χ2v) is 7.43. The van der Waals surface area contributed by atoms with Gasteiger partial charge in [-0.25, -0.2) is 19.2 Å². The van der Waals surface area contributed by atoms with Crippen LogP contribution in [-0.4, -0.2) is 33.5 Å². The quantitative estimate of drug-likeness (QED) is 0.275. The molecule has 1 atom stereocenters. The van der Waals surface area contributed by atoms with E-state index in [9.17, 15) is 35.5 Å². The minimum absolute atomic E-state index is 0.138. The summed E-state index contributed by atoms with van der Waals surface area (Å²) in [5.74, 6) is -2.19. The van der Waals surface area contributed by atoms with Gasteiger partial charge in [-0.2, -0.15) is 26.3 Å². The Bertz CT molecular complexity index is 1090. The van der Waals surface area contributed by atoms with Gasteiger partial charge in [-0.1, -0.05) is 25.4 Å². The van der Waals surface area contributed by atoms with Crippen molar-refractivity contribution in [3.05, 3.63) is 52.7 Å². The first kappa shape index (κ1) is 27.4. The molecule has 1 N–H and O–H groups in total. The second kappa shape index (κ2) is 10.6. The minimum Gasteiger partial charge on any atom is -0.407 e. The number of halogens is 8. The third-order valence-corrected chi connectivity index (χ3v) is 5.04. The van der Waals surface area contributed by atoms with Crippen molar-refractivity contribution in [1.29, 1.82) is 0 Å². The smallest absolute Gasteiger partial charge is 0.407 e. The largest absolute Gasteiger partial charge is 0.433 e. The molecule has 0 spiro atoms. The maximum atomic E-state index is 13.6. The van der Waals surface area contributed by atoms with Gasteiger partial charge in [0.2, 0.25) is 0 Å². The summed E-state index contributed by atoms with van der Waals surface area (Å²) >= 11 is 6.35. The molecule has 3 rings (SSSR count). The molecule has 2 aromatic rings. The van der Waals surface area contributed by atoms with Crippen molar-refractivity contribution in [3.8, 4) is 16.5 Å². The average molecular weight is 533 g/mol. The number of alkyl halides is 7. The molecule has 0 aliphatic carbocycles. The Balaban J connectivity index is 0.00000199. The van der Waals surface area contributed by atoms with E-state index in [0.29, 0.717) is 16.2 Å². The number of pyridine rings is 1. The molecule has 34 heavy (non-hydrogen) atoms. The number of dihydropyridines is 1. The minimum atomic E-state index is -5.33. The number of amides is 1. The van der Waals surface area contributed by atoms with Crippen LogP contribution in [0.1, 0.15) is 25.1 Å². The van der Waals surface area contributed by atoms with Gasteiger partial charge >= 0.3 is 18.4 Å². The molecule has 3 heterocycles. The van der Waals surface area contributed by atoms with Gasteiger partial charge in [-0.3, -0.25) is 4.90 Å². The Hall–Kier alpha value is -2.87. The highest BCUT2D eigenvalue weighted by atomic mass is 35.5. The number of aromatic nitrogens is 2. The molecule has 2 aromatic heterocycles. The van der Waals surface area contributed by atoms with E-state index in [1.807, 2.05) is 13.8 Å². The van der Waals surface area contributed by atoms with Crippen molar-refractivity contribution in [2.24, 2.45) is 0 Å². The van der Waals surface area contributed by atoms with Crippen molar-refractivity contribution in [1.82, 2.24) is 20.2 Å². The van der Waals surface area contributed by atoms with Gasteiger partial charge in [0.15, 0.2) is 11.3 Å². The van der Waals surface area contributed by atoms with E-state index in [1.165, 1.54) is 5.38 Å². The molecule has 186 valence electrons. The van der Waals surface area contributed by atoms with Gasteiger partial charge in [-0.15, -0.1) is 11.3 Å². The fourth-order valence-electron chi connectivity index (χ4n) is 2.43. The van der Waals surface area contributed by atoms with Crippen molar-refractivity contribution >= 4 is 29.0 Å². The maximum absolute atomic E-state index is 13.6. The fourth-order valence-corrected chi connectivity index (χ4v) is 3.24. The van der Waals surface area contributed by atoms with E-state index in [2.05, 4.69) is 15.3 Å². The molecule has 6 nitrogen and oxygen atoms in total. The summed E-state index contributed by atoms with van der Waals surface area (Å²) in [5.41, 5.74) is -5.99. The molecule has 0 bridgehead atoms. The summed E-state index contributed by atoms with van der Waals surface area (Å²) in [6.07, 6.45) is -8.88. The summed E-state index contributed by atoms with van der Waals surface area (Å²) in [6.45, 7) is 4.00. The SMILES string of the molecule is CC.CN(C(=O)Oc1c(C(F)(F)F)cc(C(F)(F)F)nc1-c1nccs1)C1=CC=C(F)C(Cl)N1. The number of thiazole rings is 1. The van der Waals surface area contributed by atoms with Crippen LogP contribution < -0.4 is 10.1 Å². The van der Waals surface area contributed by atoms with Crippen molar-refractivity contribution in [2.45, 2.75) is 31.7 Å². The van der Waals surface area contributed by atoms with E-state index in [1.54, 1.807) is 0 Å². The first-order valence-corrected chi connectivity index (χ1v) is 10.6. The summed E-state index contributed by atoms with van der Waals surface area (Å²) in [5, 5.41) is 3.31. The van der Waals surface area contributed by atoms with E-state index >= 15 is 0 Å². The number of nitrogens with one attached hydrogen (secondary N) is 1. The molecule has 15 heteroatoms. The Morgan fingerprint density at radius 2 is 1.82 bits per heavy atom. The number of hydrogen-bond acceptors (Lipinski definition) is 6. The Morgan fingerprint density at radius 3 is 2.32 bits per heavy atom. The van der Waals surface area contributed by atoms with Gasteiger partial charge in [0.05, 0.1) is 0 Å². The summed E-state index contributed by atoms with van der Waals surface area (Å²) in [7, 11) is 1.07. The number of rotatable bonds is 3. The number of carbonyl (C=O) groups is 1. The zero-order chi connectivity index (χ0) is 25.8. The molecule has 1 unspecified atom stereocenters. The average Bonchev–Trinajstić information content (AvgIpc) is 3.29. The maximum Gasteiger partial charge on any atom is 0.433 e. The lowest BCUT2D eigenvalue weighted by molar-refractivity contribution is -0.145. The van der Waals surface area contributed by atoms with Gasteiger partial charge in [0, 0.05) is 18.6 Å². The van der Waals surface area contributed by atoms with Gasteiger partial charge in [0.25, 0.3) is 0 Å². The van der Waals surface area contributed by atoms with Crippen LogP contribution in [0.3, 0.4) is 0 Å². The highest BCUT2D eigenvalue weighted by Gasteiger charge is 2.43. The number of allylic oxidation sites excluding steroid dienone is 2. The van der Waals surface area contributed by atoms with Crippen LogP contribution >= 0.6 is 22.9 Å². The molecule has 1 aliphatic heterocycles. The molecule has 0 radical (unpaired) electrons. The number of carbonyl (C=O) groups excluding carboxylic acids is 1.